The van der Waals surface area contributed by atoms with Crippen LogP contribution >= 0.6 is 35.0 Å². The van der Waals surface area contributed by atoms with Crippen molar-refractivity contribution in [2.75, 3.05) is 16.8 Å². The predicted octanol–water partition coefficient (Wildman–Crippen LogP) is 6.64. The molecule has 3 aromatic carbocycles. The third kappa shape index (κ3) is 4.34. The van der Waals surface area contributed by atoms with Crippen molar-refractivity contribution in [2.24, 2.45) is 0 Å². The van der Waals surface area contributed by atoms with E-state index in [0.29, 0.717) is 32.6 Å². The van der Waals surface area contributed by atoms with E-state index in [-0.39, 0.29) is 24.3 Å². The fourth-order valence-electron chi connectivity index (χ4n) is 6.10. The Kier molecular flexibility index (Phi) is 6.79. The summed E-state index contributed by atoms with van der Waals surface area (Å²) in [6.07, 6.45) is 1.77. The van der Waals surface area contributed by atoms with Gasteiger partial charge in [0.2, 0.25) is 11.8 Å². The molecule has 3 aromatic rings. The molecule has 0 radical (unpaired) electrons. The number of nitrogens with one attached hydrogen (secondary N) is 2. The van der Waals surface area contributed by atoms with Crippen LogP contribution in [0.25, 0.3) is 0 Å². The van der Waals surface area contributed by atoms with Crippen LogP contribution < -0.4 is 15.4 Å². The molecule has 0 aliphatic carbocycles. The maximum atomic E-state index is 14.9. The normalized spacial score (nSPS) is 25.1. The third-order valence-corrected chi connectivity index (χ3v) is 9.27. The van der Waals surface area contributed by atoms with Gasteiger partial charge in [-0.1, -0.05) is 41.4 Å². The van der Waals surface area contributed by atoms with Crippen molar-refractivity contribution in [1.82, 2.24) is 5.32 Å². The fourth-order valence-corrected chi connectivity index (χ4v) is 7.53. The number of ether oxygens (including phenoxy) is 1. The molecule has 3 aliphatic rings. The molecule has 2 amide bonds. The average molecular weight is 572 g/mol. The number of thioether (sulfide) groups is 1. The summed E-state index contributed by atoms with van der Waals surface area (Å²) in [5, 5.41) is 7.03. The Bertz CT molecular complexity index is 1430. The minimum atomic E-state index is -1.30. The van der Waals surface area contributed by atoms with E-state index in [1.165, 1.54) is 12.1 Å². The van der Waals surface area contributed by atoms with Gasteiger partial charge in [-0.3, -0.25) is 9.59 Å². The Hall–Kier alpha value is -2.74. The van der Waals surface area contributed by atoms with Gasteiger partial charge < -0.3 is 15.4 Å². The molecular weight excluding hydrogens is 546 g/mol. The molecule has 6 rings (SSSR count). The molecule has 3 aliphatic heterocycles. The highest BCUT2D eigenvalue weighted by Crippen LogP contribution is 2.58. The Morgan fingerprint density at radius 3 is 2.55 bits per heavy atom. The molecule has 2 saturated heterocycles. The van der Waals surface area contributed by atoms with Gasteiger partial charge in [0.25, 0.3) is 0 Å². The summed E-state index contributed by atoms with van der Waals surface area (Å²) in [7, 11) is 0. The standard InChI is InChI=1S/C29H25Cl2FN2O3S/c30-17-3-1-2-16(12-17)23-15-26(35)34-27(29(23)22-6-4-18(31)13-24(22)33-28(29)36)21-14-19(32)5-7-25(21)37-20-8-10-38-11-9-20/h1-7,12-14,20,23,27H,8-11,15H2,(H,33,36)(H,34,35)/t23-,27+,29-/m0/s1. The van der Waals surface area contributed by atoms with Crippen LogP contribution in [0.15, 0.2) is 60.7 Å². The summed E-state index contributed by atoms with van der Waals surface area (Å²) in [5.74, 6) is 0.839. The van der Waals surface area contributed by atoms with Gasteiger partial charge in [-0.15, -0.1) is 0 Å². The smallest absolute Gasteiger partial charge is 0.238 e. The van der Waals surface area contributed by atoms with Crippen molar-refractivity contribution < 1.29 is 18.7 Å². The van der Waals surface area contributed by atoms with Gasteiger partial charge in [-0.2, -0.15) is 11.8 Å². The monoisotopic (exact) mass is 570 g/mol. The first-order valence-electron chi connectivity index (χ1n) is 12.6. The molecule has 38 heavy (non-hydrogen) atoms. The molecule has 9 heteroatoms. The maximum Gasteiger partial charge on any atom is 0.238 e. The second-order valence-electron chi connectivity index (χ2n) is 9.94. The number of halogens is 3. The first-order chi connectivity index (χ1) is 18.4. The highest BCUT2D eigenvalue weighted by Gasteiger charge is 2.61. The Labute approximate surface area is 234 Å². The van der Waals surface area contributed by atoms with E-state index < -0.39 is 23.2 Å². The Morgan fingerprint density at radius 2 is 1.76 bits per heavy atom. The van der Waals surface area contributed by atoms with Crippen LogP contribution in [-0.2, 0) is 15.0 Å². The molecule has 2 N–H and O–H groups in total. The van der Waals surface area contributed by atoms with Crippen molar-refractivity contribution in [3.05, 3.63) is 93.2 Å². The van der Waals surface area contributed by atoms with Crippen LogP contribution in [0.1, 0.15) is 47.9 Å². The summed E-state index contributed by atoms with van der Waals surface area (Å²) < 4.78 is 21.3. The highest BCUT2D eigenvalue weighted by molar-refractivity contribution is 7.99. The molecule has 0 bridgehead atoms. The molecule has 3 heterocycles. The molecule has 0 aromatic heterocycles. The van der Waals surface area contributed by atoms with Gasteiger partial charge in [-0.25, -0.2) is 4.39 Å². The number of anilines is 1. The molecule has 0 unspecified atom stereocenters. The lowest BCUT2D eigenvalue weighted by atomic mass is 9.59. The number of piperidine rings is 1. The molecule has 2 fully saturated rings. The van der Waals surface area contributed by atoms with Crippen LogP contribution in [0.3, 0.4) is 0 Å². The number of carbonyl (C=O) groups excluding carboxylic acids is 2. The number of fused-ring (bicyclic) bond motifs is 2. The highest BCUT2D eigenvalue weighted by atomic mass is 35.5. The Balaban J connectivity index is 1.57. The van der Waals surface area contributed by atoms with Gasteiger partial charge in [0.1, 0.15) is 23.1 Å². The van der Waals surface area contributed by atoms with Crippen molar-refractivity contribution in [3.8, 4) is 5.75 Å². The van der Waals surface area contributed by atoms with Crippen LogP contribution in [0.4, 0.5) is 10.1 Å². The molecule has 5 nitrogen and oxygen atoms in total. The molecule has 3 atom stereocenters. The number of rotatable bonds is 4. The van der Waals surface area contributed by atoms with Crippen molar-refractivity contribution >= 4 is 52.5 Å². The number of carbonyl (C=O) groups is 2. The average Bonchev–Trinajstić information content (AvgIpc) is 3.18. The van der Waals surface area contributed by atoms with Crippen LogP contribution in [0.2, 0.25) is 10.0 Å². The van der Waals surface area contributed by atoms with Crippen LogP contribution in [0, 0.1) is 5.82 Å². The summed E-state index contributed by atoms with van der Waals surface area (Å²) >= 11 is 14.5. The first kappa shape index (κ1) is 25.5. The Morgan fingerprint density at radius 1 is 0.974 bits per heavy atom. The molecular formula is C29H25Cl2FN2O3S. The van der Waals surface area contributed by atoms with E-state index in [0.717, 1.165) is 29.9 Å². The summed E-state index contributed by atoms with van der Waals surface area (Å²) in [6, 6.07) is 15.9. The second-order valence-corrected chi connectivity index (χ2v) is 12.0. The van der Waals surface area contributed by atoms with Crippen LogP contribution in [-0.4, -0.2) is 29.4 Å². The van der Waals surface area contributed by atoms with Gasteiger partial charge in [0, 0.05) is 33.6 Å². The molecule has 0 saturated carbocycles. The zero-order chi connectivity index (χ0) is 26.4. The van der Waals surface area contributed by atoms with Crippen molar-refractivity contribution in [3.63, 3.8) is 0 Å². The number of amides is 2. The summed E-state index contributed by atoms with van der Waals surface area (Å²) in [4.78, 5) is 27.5. The largest absolute Gasteiger partial charge is 0.490 e. The van der Waals surface area contributed by atoms with Crippen LogP contribution in [0.5, 0.6) is 5.75 Å². The van der Waals surface area contributed by atoms with Gasteiger partial charge in [0.05, 0.1) is 6.04 Å². The fraction of sp³-hybridized carbons (Fsp3) is 0.310. The zero-order valence-corrected chi connectivity index (χ0v) is 22.6. The predicted molar refractivity (Wildman–Crippen MR) is 149 cm³/mol. The van der Waals surface area contributed by atoms with Gasteiger partial charge in [-0.05, 0) is 77.9 Å². The minimum absolute atomic E-state index is 0.0251. The van der Waals surface area contributed by atoms with Gasteiger partial charge in [0.15, 0.2) is 0 Å². The third-order valence-electron chi connectivity index (χ3n) is 7.75. The molecule has 196 valence electrons. The van der Waals surface area contributed by atoms with E-state index in [1.807, 2.05) is 23.9 Å². The minimum Gasteiger partial charge on any atom is -0.490 e. The number of benzene rings is 3. The topological polar surface area (TPSA) is 67.4 Å². The summed E-state index contributed by atoms with van der Waals surface area (Å²) in [6.45, 7) is 0. The lowest BCUT2D eigenvalue weighted by Crippen LogP contribution is -2.57. The van der Waals surface area contributed by atoms with Gasteiger partial charge >= 0.3 is 0 Å². The maximum absolute atomic E-state index is 14.9. The number of hydrogen-bond donors (Lipinski definition) is 2. The molecule has 1 spiro atoms. The van der Waals surface area contributed by atoms with Crippen molar-refractivity contribution in [2.45, 2.75) is 42.7 Å². The van der Waals surface area contributed by atoms with E-state index >= 15 is 0 Å². The van der Waals surface area contributed by atoms with E-state index in [4.69, 9.17) is 27.9 Å². The first-order valence-corrected chi connectivity index (χ1v) is 14.5. The SMILES string of the molecule is O=C1C[C@@H](c2cccc(Cl)c2)[C@]2(C(=O)Nc3cc(Cl)ccc32)[C@@H](c2cc(F)ccc2OC2CCSCC2)N1. The van der Waals surface area contributed by atoms with E-state index in [1.54, 1.807) is 36.4 Å². The van der Waals surface area contributed by atoms with E-state index in [2.05, 4.69) is 10.6 Å². The van der Waals surface area contributed by atoms with Crippen molar-refractivity contribution in [1.29, 1.82) is 0 Å². The second kappa shape index (κ2) is 10.1. The zero-order valence-electron chi connectivity index (χ0n) is 20.3. The quantitative estimate of drug-likeness (QED) is 0.369. The lowest BCUT2D eigenvalue weighted by molar-refractivity contribution is -0.131. The number of hydrogen-bond acceptors (Lipinski definition) is 4. The van der Waals surface area contributed by atoms with E-state index in [9.17, 15) is 14.0 Å². The summed E-state index contributed by atoms with van der Waals surface area (Å²) in [5.41, 5.74) is 1.14. The lowest BCUT2D eigenvalue weighted by Gasteiger charge is -2.46.